The number of benzene rings is 1. The molecule has 0 spiro atoms. The summed E-state index contributed by atoms with van der Waals surface area (Å²) >= 11 is 0. The molecule has 30 heavy (non-hydrogen) atoms. The summed E-state index contributed by atoms with van der Waals surface area (Å²) in [6.45, 7) is 19.6. The predicted octanol–water partition coefficient (Wildman–Crippen LogP) is 7.61. The van der Waals surface area contributed by atoms with E-state index in [-0.39, 0.29) is 16.9 Å². The maximum absolute atomic E-state index is 13.1. The normalized spacial score (nSPS) is 12.4. The fourth-order valence-electron chi connectivity index (χ4n) is 3.13. The van der Waals surface area contributed by atoms with E-state index in [4.69, 9.17) is 11.2 Å². The van der Waals surface area contributed by atoms with E-state index in [1.807, 2.05) is 25.7 Å². The number of terminal acetylenes is 1. The van der Waals surface area contributed by atoms with Gasteiger partial charge in [-0.15, -0.1) is 12.3 Å². The Labute approximate surface area is 185 Å². The van der Waals surface area contributed by atoms with E-state index in [2.05, 4.69) is 65.7 Å². The Hall–Kier alpha value is -1.95. The summed E-state index contributed by atoms with van der Waals surface area (Å²) < 4.78 is 5.76. The zero-order chi connectivity index (χ0) is 23.2. The first-order valence-corrected chi connectivity index (χ1v) is 11.3. The third-order valence-corrected chi connectivity index (χ3v) is 5.03. The number of hydrogen-bond donors (Lipinski definition) is 0. The lowest BCUT2D eigenvalue weighted by Gasteiger charge is -2.31. The van der Waals surface area contributed by atoms with Gasteiger partial charge in [0.05, 0.1) is 0 Å². The molecule has 1 aromatic rings. The van der Waals surface area contributed by atoms with Gasteiger partial charge in [0.15, 0.2) is 0 Å². The molecular formula is C27H43NO2. The standard InChI is InChI=1S/C27H43NO2/c1-11-12-13-14-15-16-17-28(24(29)30-27(8,9)10)23-19-21(25(2,3)4)18-22(20-23)26(5,6)7/h1,18-20H,12-17H2,2-10H3. The Bertz CT molecular complexity index is 704. The van der Waals surface area contributed by atoms with Gasteiger partial charge in [-0.2, -0.15) is 0 Å². The van der Waals surface area contributed by atoms with Gasteiger partial charge in [0.2, 0.25) is 0 Å². The van der Waals surface area contributed by atoms with E-state index in [1.165, 1.54) is 11.1 Å². The molecule has 0 bridgehead atoms. The molecule has 0 saturated carbocycles. The summed E-state index contributed by atoms with van der Waals surface area (Å²) in [5, 5.41) is 0. The SMILES string of the molecule is C#CCCCCCCN(C(=O)OC(C)(C)C)c1cc(C(C)(C)C)cc(C(C)(C)C)c1. The highest BCUT2D eigenvalue weighted by Crippen LogP contribution is 2.34. The molecule has 0 saturated heterocycles. The van der Waals surface area contributed by atoms with Crippen LogP contribution in [0.2, 0.25) is 0 Å². The van der Waals surface area contributed by atoms with Crippen molar-refractivity contribution in [2.24, 2.45) is 0 Å². The maximum Gasteiger partial charge on any atom is 0.414 e. The van der Waals surface area contributed by atoms with Gasteiger partial charge >= 0.3 is 6.09 Å². The third-order valence-electron chi connectivity index (χ3n) is 5.03. The second-order valence-electron chi connectivity index (χ2n) is 11.3. The largest absolute Gasteiger partial charge is 0.443 e. The van der Waals surface area contributed by atoms with Gasteiger partial charge < -0.3 is 4.74 Å². The van der Waals surface area contributed by atoms with E-state index in [1.54, 1.807) is 0 Å². The van der Waals surface area contributed by atoms with Crippen LogP contribution in [0.4, 0.5) is 10.5 Å². The van der Waals surface area contributed by atoms with Crippen LogP contribution in [0.15, 0.2) is 18.2 Å². The van der Waals surface area contributed by atoms with Crippen molar-refractivity contribution in [3.05, 3.63) is 29.3 Å². The summed E-state index contributed by atoms with van der Waals surface area (Å²) in [7, 11) is 0. The topological polar surface area (TPSA) is 29.5 Å². The number of carbonyl (C=O) groups excluding carboxylic acids is 1. The van der Waals surface area contributed by atoms with Crippen LogP contribution in [0, 0.1) is 12.3 Å². The number of amides is 1. The zero-order valence-electron chi connectivity index (χ0n) is 20.8. The molecule has 0 aromatic heterocycles. The van der Waals surface area contributed by atoms with Crippen LogP contribution in [-0.2, 0) is 15.6 Å². The molecule has 0 radical (unpaired) electrons. The number of rotatable bonds is 7. The Morgan fingerprint density at radius 2 is 1.37 bits per heavy atom. The second kappa shape index (κ2) is 10.4. The van der Waals surface area contributed by atoms with Crippen molar-refractivity contribution in [3.63, 3.8) is 0 Å². The minimum absolute atomic E-state index is 0.00909. The van der Waals surface area contributed by atoms with Crippen LogP contribution in [0.5, 0.6) is 0 Å². The lowest BCUT2D eigenvalue weighted by molar-refractivity contribution is 0.0579. The van der Waals surface area contributed by atoms with Crippen LogP contribution in [0.25, 0.3) is 0 Å². The molecule has 3 heteroatoms. The molecule has 0 aliphatic heterocycles. The number of ether oxygens (including phenoxy) is 1. The van der Waals surface area contributed by atoms with Crippen molar-refractivity contribution in [1.82, 2.24) is 0 Å². The van der Waals surface area contributed by atoms with Crippen molar-refractivity contribution in [3.8, 4) is 12.3 Å². The molecule has 1 aromatic carbocycles. The first-order chi connectivity index (χ1) is 13.6. The molecule has 168 valence electrons. The number of unbranched alkanes of at least 4 members (excludes halogenated alkanes) is 4. The number of nitrogens with zero attached hydrogens (tertiary/aromatic N) is 1. The van der Waals surface area contributed by atoms with Crippen molar-refractivity contribution in [1.29, 1.82) is 0 Å². The molecule has 1 amide bonds. The smallest absolute Gasteiger partial charge is 0.414 e. The molecule has 0 unspecified atom stereocenters. The summed E-state index contributed by atoms with van der Waals surface area (Å²) in [6, 6.07) is 6.57. The maximum atomic E-state index is 13.1. The lowest BCUT2D eigenvalue weighted by Crippen LogP contribution is -2.38. The first-order valence-electron chi connectivity index (χ1n) is 11.3. The van der Waals surface area contributed by atoms with Crippen molar-refractivity contribution >= 4 is 11.8 Å². The number of carbonyl (C=O) groups is 1. The average molecular weight is 414 g/mol. The van der Waals surface area contributed by atoms with E-state index >= 15 is 0 Å². The van der Waals surface area contributed by atoms with E-state index < -0.39 is 5.60 Å². The van der Waals surface area contributed by atoms with E-state index in [0.717, 1.165) is 37.8 Å². The Balaban J connectivity index is 3.26. The van der Waals surface area contributed by atoms with Crippen LogP contribution < -0.4 is 4.90 Å². The number of anilines is 1. The van der Waals surface area contributed by atoms with Crippen LogP contribution in [-0.4, -0.2) is 18.2 Å². The molecular weight excluding hydrogens is 370 g/mol. The van der Waals surface area contributed by atoms with Gasteiger partial charge in [-0.05, 0) is 67.7 Å². The summed E-state index contributed by atoms with van der Waals surface area (Å²) in [6.07, 6.45) is 9.98. The van der Waals surface area contributed by atoms with Gasteiger partial charge in [-0.25, -0.2) is 4.79 Å². The van der Waals surface area contributed by atoms with Gasteiger partial charge in [0, 0.05) is 18.7 Å². The first kappa shape index (κ1) is 26.1. The monoisotopic (exact) mass is 413 g/mol. The van der Waals surface area contributed by atoms with Crippen molar-refractivity contribution in [2.45, 2.75) is 111 Å². The molecule has 0 heterocycles. The van der Waals surface area contributed by atoms with Crippen molar-refractivity contribution in [2.75, 3.05) is 11.4 Å². The van der Waals surface area contributed by atoms with Gasteiger partial charge in [-0.3, -0.25) is 4.90 Å². The van der Waals surface area contributed by atoms with E-state index in [0.29, 0.717) is 6.54 Å². The Morgan fingerprint density at radius 1 is 0.867 bits per heavy atom. The van der Waals surface area contributed by atoms with Crippen LogP contribution >= 0.6 is 0 Å². The van der Waals surface area contributed by atoms with Crippen molar-refractivity contribution < 1.29 is 9.53 Å². The Morgan fingerprint density at radius 3 is 1.80 bits per heavy atom. The van der Waals surface area contributed by atoms with E-state index in [9.17, 15) is 4.79 Å². The highest BCUT2D eigenvalue weighted by Gasteiger charge is 2.27. The molecule has 3 nitrogen and oxygen atoms in total. The highest BCUT2D eigenvalue weighted by molar-refractivity contribution is 5.88. The molecule has 0 aliphatic rings. The molecule has 0 atom stereocenters. The van der Waals surface area contributed by atoms with Gasteiger partial charge in [-0.1, -0.05) is 60.5 Å². The number of hydrogen-bond acceptors (Lipinski definition) is 2. The third kappa shape index (κ3) is 8.82. The molecule has 0 fully saturated rings. The van der Waals surface area contributed by atoms with Crippen LogP contribution in [0.3, 0.4) is 0 Å². The molecule has 0 aliphatic carbocycles. The van der Waals surface area contributed by atoms with Gasteiger partial charge in [0.25, 0.3) is 0 Å². The minimum Gasteiger partial charge on any atom is -0.443 e. The Kier molecular flexibility index (Phi) is 9.03. The minimum atomic E-state index is -0.531. The predicted molar refractivity (Wildman–Crippen MR) is 129 cm³/mol. The fourth-order valence-corrected chi connectivity index (χ4v) is 3.13. The quantitative estimate of drug-likeness (QED) is 0.340. The summed E-state index contributed by atoms with van der Waals surface area (Å²) in [5.41, 5.74) is 2.83. The molecule has 1 rings (SSSR count). The van der Waals surface area contributed by atoms with Gasteiger partial charge in [0.1, 0.15) is 5.60 Å². The summed E-state index contributed by atoms with van der Waals surface area (Å²) in [5.74, 6) is 2.69. The summed E-state index contributed by atoms with van der Waals surface area (Å²) in [4.78, 5) is 14.9. The molecule has 0 N–H and O–H groups in total. The fraction of sp³-hybridized carbons (Fsp3) is 0.667. The highest BCUT2D eigenvalue weighted by atomic mass is 16.6. The second-order valence-corrected chi connectivity index (χ2v) is 11.3. The van der Waals surface area contributed by atoms with Crippen LogP contribution in [0.1, 0.15) is 106 Å². The zero-order valence-corrected chi connectivity index (χ0v) is 20.8. The lowest BCUT2D eigenvalue weighted by atomic mass is 9.80. The average Bonchev–Trinajstić information content (AvgIpc) is 2.57.